The van der Waals surface area contributed by atoms with E-state index in [1.165, 1.54) is 24.3 Å². The molecule has 0 aliphatic rings. The van der Waals surface area contributed by atoms with Gasteiger partial charge in [0, 0.05) is 35.4 Å². The Morgan fingerprint density at radius 3 is 1.20 bits per heavy atom. The molecule has 3 aromatic carbocycles. The van der Waals surface area contributed by atoms with E-state index in [2.05, 4.69) is 25.3 Å². The predicted molar refractivity (Wildman–Crippen MR) is 182 cm³/mol. The molecule has 44 heavy (non-hydrogen) atoms. The molecule has 0 radical (unpaired) electrons. The van der Waals surface area contributed by atoms with E-state index in [1.54, 1.807) is 24.3 Å². The van der Waals surface area contributed by atoms with Crippen molar-refractivity contribution in [3.63, 3.8) is 0 Å². The number of aromatic hydroxyl groups is 4. The molecule has 0 saturated heterocycles. The zero-order chi connectivity index (χ0) is 31.5. The van der Waals surface area contributed by atoms with Gasteiger partial charge in [-0.3, -0.25) is 0 Å². The molecule has 8 nitrogen and oxygen atoms in total. The van der Waals surface area contributed by atoms with Crippen LogP contribution in [0.4, 0.5) is 0 Å². The summed E-state index contributed by atoms with van der Waals surface area (Å²) in [6.45, 7) is 0.0330. The summed E-state index contributed by atoms with van der Waals surface area (Å²) in [4.78, 5) is 0. The number of hydrogen-bond donors (Lipinski definition) is 6. The van der Waals surface area contributed by atoms with Crippen molar-refractivity contribution in [3.05, 3.63) is 131 Å². The van der Waals surface area contributed by atoms with Gasteiger partial charge in [0.15, 0.2) is 23.5 Å². The zero-order valence-corrected chi connectivity index (χ0v) is 26.4. The Balaban J connectivity index is 1.74. The van der Waals surface area contributed by atoms with E-state index in [1.807, 2.05) is 60.7 Å². The first-order valence-corrected chi connectivity index (χ1v) is 15.0. The van der Waals surface area contributed by atoms with Crippen molar-refractivity contribution in [2.24, 2.45) is 0 Å². The highest BCUT2D eigenvalue weighted by atomic mass is 32.1. The smallest absolute Gasteiger partial charge is 0.219 e. The number of hydrogen-bond acceptors (Lipinski definition) is 8. The molecule has 226 valence electrons. The van der Waals surface area contributed by atoms with Gasteiger partial charge in [-0.05, 0) is 17.2 Å². The lowest BCUT2D eigenvalue weighted by molar-refractivity contribution is -0.0383. The molecular weight excluding hydrogens is 637 g/mol. The summed E-state index contributed by atoms with van der Waals surface area (Å²) in [5.74, 6) is -1.35. The van der Waals surface area contributed by atoms with Gasteiger partial charge in [-0.25, -0.2) is 9.13 Å². The van der Waals surface area contributed by atoms with Gasteiger partial charge >= 0.3 is 0 Å². The minimum atomic E-state index is -1.84. The number of nitrogens with zero attached hydrogens (tertiary/aromatic N) is 2. The summed E-state index contributed by atoms with van der Waals surface area (Å²) >= 11 is 20.4. The average molecular weight is 665 g/mol. The van der Waals surface area contributed by atoms with Crippen LogP contribution < -0.4 is 0 Å². The molecule has 0 fully saturated rings. The summed E-state index contributed by atoms with van der Waals surface area (Å²) in [6.07, 6.45) is 0. The molecule has 12 heteroatoms. The van der Waals surface area contributed by atoms with Crippen LogP contribution in [0, 0.1) is 0 Å². The van der Waals surface area contributed by atoms with Crippen molar-refractivity contribution in [2.75, 3.05) is 0 Å². The number of rotatable bonds is 12. The Bertz CT molecular complexity index is 1630. The van der Waals surface area contributed by atoms with Crippen molar-refractivity contribution >= 4 is 58.1 Å². The van der Waals surface area contributed by atoms with Gasteiger partial charge in [0.05, 0.1) is 13.2 Å². The maximum Gasteiger partial charge on any atom is 0.219 e. The summed E-state index contributed by atoms with van der Waals surface area (Å²) in [5.41, 5.74) is -1.46. The van der Waals surface area contributed by atoms with Gasteiger partial charge in [0.1, 0.15) is 8.39 Å². The van der Waals surface area contributed by atoms with E-state index >= 15 is 0 Å². The maximum absolute atomic E-state index is 10.9. The van der Waals surface area contributed by atoms with E-state index in [9.17, 15) is 20.4 Å². The highest BCUT2D eigenvalue weighted by Crippen LogP contribution is 2.44. The standard InChI is InChI=1S/C32H28N2O6S4/c35-25-14-15-26(36)33(25)31(29(41)42,39-19-21-8-3-1-4-9-21)23-12-7-13-24(18-23)32(30(43)44,34-27(37)16-17-28(34)38)40-20-22-10-5-2-6-11-22/h1-18,35-38H,19-20H2,(H,41,42)(H,43,44). The highest BCUT2D eigenvalue weighted by molar-refractivity contribution is 8.11. The molecule has 2 heterocycles. The maximum atomic E-state index is 10.9. The van der Waals surface area contributed by atoms with Gasteiger partial charge in [-0.15, -0.1) is 25.3 Å². The van der Waals surface area contributed by atoms with Crippen LogP contribution in [0.25, 0.3) is 0 Å². The van der Waals surface area contributed by atoms with Gasteiger partial charge in [0.25, 0.3) is 0 Å². The molecule has 5 rings (SSSR count). The Labute approximate surface area is 275 Å². The normalized spacial score (nSPS) is 14.0. The van der Waals surface area contributed by atoms with Gasteiger partial charge in [-0.1, -0.05) is 103 Å². The molecule has 0 spiro atoms. The Hall–Kier alpha value is -3.78. The number of ether oxygens (including phenoxy) is 2. The Morgan fingerprint density at radius 1 is 0.545 bits per heavy atom. The number of benzene rings is 3. The molecule has 2 aromatic heterocycles. The molecule has 0 amide bonds. The third kappa shape index (κ3) is 5.72. The van der Waals surface area contributed by atoms with Crippen LogP contribution in [0.1, 0.15) is 22.3 Å². The predicted octanol–water partition coefficient (Wildman–Crippen LogP) is 6.46. The van der Waals surface area contributed by atoms with Crippen molar-refractivity contribution in [2.45, 2.75) is 24.7 Å². The van der Waals surface area contributed by atoms with E-state index in [0.717, 1.165) is 20.3 Å². The van der Waals surface area contributed by atoms with Crippen molar-refractivity contribution in [3.8, 4) is 23.5 Å². The van der Waals surface area contributed by atoms with Crippen LogP contribution in [0.3, 0.4) is 0 Å². The largest absolute Gasteiger partial charge is 0.494 e. The second-order valence-corrected chi connectivity index (χ2v) is 12.1. The van der Waals surface area contributed by atoms with Crippen molar-refractivity contribution in [1.82, 2.24) is 9.13 Å². The Morgan fingerprint density at radius 2 is 0.886 bits per heavy atom. The van der Waals surface area contributed by atoms with E-state index in [0.29, 0.717) is 11.1 Å². The average Bonchev–Trinajstić information content (AvgIpc) is 3.54. The van der Waals surface area contributed by atoms with Gasteiger partial charge < -0.3 is 29.9 Å². The molecule has 2 unspecified atom stereocenters. The molecule has 2 atom stereocenters. The van der Waals surface area contributed by atoms with E-state index in [-0.39, 0.29) is 45.1 Å². The molecule has 0 aliphatic heterocycles. The first-order valence-electron chi connectivity index (χ1n) is 13.2. The molecule has 0 aliphatic carbocycles. The fourth-order valence-corrected chi connectivity index (χ4v) is 6.18. The SMILES string of the molecule is Oc1ccc(O)n1C(OCc1ccccc1)(C(=S)S)c1cccc(C(OCc2ccccc2)(C(=S)S)n2c(O)ccc2O)c1. The first-order chi connectivity index (χ1) is 21.1. The fourth-order valence-electron chi connectivity index (χ4n) is 5.06. The van der Waals surface area contributed by atoms with Crippen LogP contribution >= 0.6 is 49.7 Å². The van der Waals surface area contributed by atoms with Gasteiger partial charge in [-0.2, -0.15) is 0 Å². The summed E-state index contributed by atoms with van der Waals surface area (Å²) in [5, 5.41) is 43.7. The molecule has 5 aromatic rings. The van der Waals surface area contributed by atoms with Crippen molar-refractivity contribution < 1.29 is 29.9 Å². The fraction of sp³-hybridized carbons (Fsp3) is 0.125. The molecule has 0 saturated carbocycles. The summed E-state index contributed by atoms with van der Waals surface area (Å²) < 4.78 is 15.2. The number of aromatic nitrogens is 2. The van der Waals surface area contributed by atoms with Crippen LogP contribution in [0.2, 0.25) is 0 Å². The topological polar surface area (TPSA) is 109 Å². The van der Waals surface area contributed by atoms with E-state index < -0.39 is 11.4 Å². The second-order valence-electron chi connectivity index (χ2n) is 9.80. The molecular formula is C32H28N2O6S4. The lowest BCUT2D eigenvalue weighted by atomic mass is 9.95. The lowest BCUT2D eigenvalue weighted by Gasteiger charge is -2.38. The quantitative estimate of drug-likeness (QED) is 0.0667. The second kappa shape index (κ2) is 13.1. The lowest BCUT2D eigenvalue weighted by Crippen LogP contribution is -2.45. The monoisotopic (exact) mass is 664 g/mol. The number of thiol groups is 2. The third-order valence-electron chi connectivity index (χ3n) is 7.12. The number of thiocarbonyl (C=S) groups is 2. The molecule has 4 N–H and O–H groups in total. The van der Waals surface area contributed by atoms with Crippen LogP contribution in [-0.4, -0.2) is 38.0 Å². The van der Waals surface area contributed by atoms with Crippen LogP contribution in [-0.2, 0) is 34.1 Å². The van der Waals surface area contributed by atoms with E-state index in [4.69, 9.17) is 33.9 Å². The Kier molecular flexibility index (Phi) is 9.39. The zero-order valence-electron chi connectivity index (χ0n) is 23.0. The first kappa shape index (κ1) is 31.6. The van der Waals surface area contributed by atoms with Crippen LogP contribution in [0.5, 0.6) is 23.5 Å². The summed E-state index contributed by atoms with van der Waals surface area (Å²) in [7, 11) is 0. The van der Waals surface area contributed by atoms with Crippen molar-refractivity contribution in [1.29, 1.82) is 0 Å². The third-order valence-corrected chi connectivity index (χ3v) is 8.27. The summed E-state index contributed by atoms with van der Waals surface area (Å²) in [6, 6.07) is 30.4. The van der Waals surface area contributed by atoms with Crippen LogP contribution in [0.15, 0.2) is 109 Å². The highest BCUT2D eigenvalue weighted by Gasteiger charge is 2.46. The molecule has 0 bridgehead atoms. The minimum absolute atomic E-state index is 0.0165. The minimum Gasteiger partial charge on any atom is -0.494 e. The van der Waals surface area contributed by atoms with Gasteiger partial charge in [0.2, 0.25) is 11.4 Å².